The average Bonchev–Trinajstić information content (AvgIpc) is 3.13. The van der Waals surface area contributed by atoms with Gasteiger partial charge >= 0.3 is 18.2 Å². The number of carbonyl (C=O) groups excluding carboxylic acids is 4. The van der Waals surface area contributed by atoms with Crippen LogP contribution in [0, 0.1) is 0 Å². The molecule has 4 rings (SSSR count). The van der Waals surface area contributed by atoms with Crippen molar-refractivity contribution in [2.45, 2.75) is 57.6 Å². The third-order valence-electron chi connectivity index (χ3n) is 7.33. The van der Waals surface area contributed by atoms with Gasteiger partial charge in [0.15, 0.2) is 0 Å². The van der Waals surface area contributed by atoms with Gasteiger partial charge in [0.2, 0.25) is 5.91 Å². The Morgan fingerprint density at radius 3 is 1.48 bits per heavy atom. The van der Waals surface area contributed by atoms with E-state index in [-0.39, 0.29) is 32.7 Å². The van der Waals surface area contributed by atoms with Crippen LogP contribution in [0.3, 0.4) is 0 Å². The minimum absolute atomic E-state index is 0.0263. The smallest absolute Gasteiger partial charge is 0.408 e. The lowest BCUT2D eigenvalue weighted by molar-refractivity contribution is -0.149. The lowest BCUT2D eigenvalue weighted by Gasteiger charge is -2.23. The lowest BCUT2D eigenvalue weighted by Crippen LogP contribution is -2.52. The molecular formula is C38H41N3O7. The van der Waals surface area contributed by atoms with E-state index in [0.717, 1.165) is 22.3 Å². The van der Waals surface area contributed by atoms with E-state index in [0.29, 0.717) is 19.4 Å². The van der Waals surface area contributed by atoms with E-state index >= 15 is 0 Å². The number of hydrogen-bond acceptors (Lipinski definition) is 7. The quantitative estimate of drug-likeness (QED) is 0.0742. The van der Waals surface area contributed by atoms with E-state index in [1.165, 1.54) is 0 Å². The van der Waals surface area contributed by atoms with Crippen molar-refractivity contribution in [2.24, 2.45) is 0 Å². The first kappa shape index (κ1) is 35.2. The monoisotopic (exact) mass is 651 g/mol. The molecule has 4 aromatic carbocycles. The molecule has 0 fully saturated rings. The van der Waals surface area contributed by atoms with Crippen LogP contribution in [0.15, 0.2) is 121 Å². The normalized spacial score (nSPS) is 11.8. The molecule has 3 amide bonds. The zero-order chi connectivity index (χ0) is 33.8. The van der Waals surface area contributed by atoms with Gasteiger partial charge in [-0.1, -0.05) is 121 Å². The number of esters is 1. The predicted molar refractivity (Wildman–Crippen MR) is 180 cm³/mol. The van der Waals surface area contributed by atoms with Gasteiger partial charge in [-0.3, -0.25) is 4.79 Å². The minimum atomic E-state index is -1.02. The fourth-order valence-electron chi connectivity index (χ4n) is 4.76. The molecular weight excluding hydrogens is 610 g/mol. The van der Waals surface area contributed by atoms with Gasteiger partial charge in [-0.15, -0.1) is 0 Å². The van der Waals surface area contributed by atoms with Crippen molar-refractivity contribution in [3.05, 3.63) is 144 Å². The van der Waals surface area contributed by atoms with Crippen LogP contribution in [0.5, 0.6) is 0 Å². The molecule has 48 heavy (non-hydrogen) atoms. The third kappa shape index (κ3) is 13.0. The highest BCUT2D eigenvalue weighted by Crippen LogP contribution is 2.10. The van der Waals surface area contributed by atoms with Crippen molar-refractivity contribution >= 4 is 24.1 Å². The highest BCUT2D eigenvalue weighted by molar-refractivity contribution is 5.89. The van der Waals surface area contributed by atoms with Crippen molar-refractivity contribution in [2.75, 3.05) is 6.54 Å². The SMILES string of the molecule is O=C(NCCCC[C@H](NC(=O)OCc1ccccc1)C(=O)N[C@@H](Cc1ccccc1)C(=O)OCc1ccccc1)OCc1ccccc1. The minimum Gasteiger partial charge on any atom is -0.459 e. The van der Waals surface area contributed by atoms with E-state index in [1.54, 1.807) is 0 Å². The third-order valence-corrected chi connectivity index (χ3v) is 7.33. The molecule has 250 valence electrons. The summed E-state index contributed by atoms with van der Waals surface area (Å²) in [4.78, 5) is 51.8. The summed E-state index contributed by atoms with van der Waals surface area (Å²) in [6.45, 7) is 0.540. The van der Waals surface area contributed by atoms with Gasteiger partial charge in [-0.2, -0.15) is 0 Å². The van der Waals surface area contributed by atoms with Gasteiger partial charge in [0.05, 0.1) is 0 Å². The van der Waals surface area contributed by atoms with Crippen molar-refractivity contribution in [1.82, 2.24) is 16.0 Å². The summed E-state index contributed by atoms with van der Waals surface area (Å²) >= 11 is 0. The molecule has 3 N–H and O–H groups in total. The van der Waals surface area contributed by atoms with E-state index in [2.05, 4.69) is 16.0 Å². The number of alkyl carbamates (subject to hydrolysis) is 2. The summed E-state index contributed by atoms with van der Waals surface area (Å²) in [5.41, 5.74) is 3.31. The van der Waals surface area contributed by atoms with Crippen molar-refractivity contribution < 1.29 is 33.4 Å². The highest BCUT2D eigenvalue weighted by Gasteiger charge is 2.28. The molecule has 0 heterocycles. The molecule has 0 spiro atoms. The van der Waals surface area contributed by atoms with Gasteiger partial charge in [-0.05, 0) is 41.5 Å². The molecule has 0 bridgehead atoms. The second kappa shape index (κ2) is 19.8. The molecule has 0 aliphatic rings. The molecule has 0 saturated carbocycles. The number of hydrogen-bond donors (Lipinski definition) is 3. The zero-order valence-corrected chi connectivity index (χ0v) is 26.7. The van der Waals surface area contributed by atoms with Crippen LogP contribution in [0.4, 0.5) is 9.59 Å². The summed E-state index contributed by atoms with van der Waals surface area (Å²) in [5, 5.41) is 8.15. The molecule has 0 aliphatic heterocycles. The Bertz CT molecular complexity index is 1550. The molecule has 4 aromatic rings. The summed E-state index contributed by atoms with van der Waals surface area (Å²) < 4.78 is 16.2. The summed E-state index contributed by atoms with van der Waals surface area (Å²) in [6, 6.07) is 35.0. The lowest BCUT2D eigenvalue weighted by atomic mass is 10.0. The van der Waals surface area contributed by atoms with Crippen LogP contribution in [-0.4, -0.2) is 42.7 Å². The topological polar surface area (TPSA) is 132 Å². The number of benzene rings is 4. The van der Waals surface area contributed by atoms with Crippen LogP contribution < -0.4 is 16.0 Å². The molecule has 0 radical (unpaired) electrons. The Morgan fingerprint density at radius 2 is 0.958 bits per heavy atom. The first-order valence-electron chi connectivity index (χ1n) is 15.9. The number of carbonyl (C=O) groups is 4. The standard InChI is InChI=1S/C38H41N3O7/c42-35(40-34(25-29-15-5-1-6-16-29)36(43)46-26-30-17-7-2-8-18-30)33(41-38(45)48-28-32-21-11-4-12-22-32)23-13-14-24-39-37(44)47-27-31-19-9-3-10-20-31/h1-12,15-22,33-34H,13-14,23-28H2,(H,39,44)(H,40,42)(H,41,45)/t33-,34-/m0/s1. The van der Waals surface area contributed by atoms with Crippen molar-refractivity contribution in [3.63, 3.8) is 0 Å². The number of unbranched alkanes of at least 4 members (excludes halogenated alkanes) is 1. The average molecular weight is 652 g/mol. The van der Waals surface area contributed by atoms with Crippen LogP contribution in [0.1, 0.15) is 41.5 Å². The Morgan fingerprint density at radius 1 is 0.500 bits per heavy atom. The number of rotatable bonds is 17. The zero-order valence-electron chi connectivity index (χ0n) is 26.7. The predicted octanol–water partition coefficient (Wildman–Crippen LogP) is 5.85. The van der Waals surface area contributed by atoms with Gasteiger partial charge < -0.3 is 30.2 Å². The Balaban J connectivity index is 1.35. The molecule has 10 heteroatoms. The molecule has 0 aromatic heterocycles. The molecule has 10 nitrogen and oxygen atoms in total. The Kier molecular flexibility index (Phi) is 14.5. The van der Waals surface area contributed by atoms with E-state index in [4.69, 9.17) is 14.2 Å². The number of amides is 3. The summed E-state index contributed by atoms with van der Waals surface area (Å²) in [7, 11) is 0. The van der Waals surface area contributed by atoms with Crippen LogP contribution >= 0.6 is 0 Å². The van der Waals surface area contributed by atoms with E-state index < -0.39 is 36.1 Å². The number of ether oxygens (including phenoxy) is 3. The largest absolute Gasteiger partial charge is 0.459 e. The van der Waals surface area contributed by atoms with Gasteiger partial charge in [-0.25, -0.2) is 14.4 Å². The maximum atomic E-state index is 13.6. The summed E-state index contributed by atoms with van der Waals surface area (Å²) in [6.07, 6.45) is 0.0845. The van der Waals surface area contributed by atoms with Gasteiger partial charge in [0.1, 0.15) is 31.9 Å². The van der Waals surface area contributed by atoms with E-state index in [1.807, 2.05) is 121 Å². The second-order valence-corrected chi connectivity index (χ2v) is 11.1. The number of nitrogens with one attached hydrogen (secondary N) is 3. The van der Waals surface area contributed by atoms with Crippen LogP contribution in [0.2, 0.25) is 0 Å². The molecule has 2 atom stereocenters. The molecule has 0 unspecified atom stereocenters. The first-order chi connectivity index (χ1) is 23.5. The van der Waals surface area contributed by atoms with Crippen LogP contribution in [0.25, 0.3) is 0 Å². The first-order valence-corrected chi connectivity index (χ1v) is 15.9. The fraction of sp³-hybridized carbons (Fsp3) is 0.263. The van der Waals surface area contributed by atoms with Crippen molar-refractivity contribution in [3.8, 4) is 0 Å². The molecule has 0 saturated heterocycles. The fourth-order valence-corrected chi connectivity index (χ4v) is 4.76. The summed E-state index contributed by atoms with van der Waals surface area (Å²) in [5.74, 6) is -1.15. The van der Waals surface area contributed by atoms with Gasteiger partial charge in [0.25, 0.3) is 0 Å². The maximum Gasteiger partial charge on any atom is 0.408 e. The Labute approximate surface area is 280 Å². The van der Waals surface area contributed by atoms with Crippen LogP contribution in [-0.2, 0) is 50.0 Å². The van der Waals surface area contributed by atoms with E-state index in [9.17, 15) is 19.2 Å². The van der Waals surface area contributed by atoms with Gasteiger partial charge in [0, 0.05) is 13.0 Å². The highest BCUT2D eigenvalue weighted by atomic mass is 16.6. The maximum absolute atomic E-state index is 13.6. The second-order valence-electron chi connectivity index (χ2n) is 11.1. The van der Waals surface area contributed by atoms with Crippen molar-refractivity contribution in [1.29, 1.82) is 0 Å². The molecule has 0 aliphatic carbocycles. The Hall–Kier alpha value is -5.64.